The van der Waals surface area contributed by atoms with E-state index in [9.17, 15) is 4.79 Å². The molecule has 0 aliphatic heterocycles. The van der Waals surface area contributed by atoms with Crippen LogP contribution in [0.3, 0.4) is 0 Å². The highest BCUT2D eigenvalue weighted by molar-refractivity contribution is 5.92. The van der Waals surface area contributed by atoms with E-state index in [2.05, 4.69) is 20.6 Å². The highest BCUT2D eigenvalue weighted by Gasteiger charge is 2.06. The number of nitrogens with one attached hydrogen (secondary N) is 2. The molecule has 0 saturated carbocycles. The van der Waals surface area contributed by atoms with Crippen molar-refractivity contribution in [1.82, 2.24) is 15.3 Å². The van der Waals surface area contributed by atoms with Gasteiger partial charge < -0.3 is 15.1 Å². The Bertz CT molecular complexity index is 1040. The molecule has 3 heterocycles. The second-order valence-corrected chi connectivity index (χ2v) is 5.78. The van der Waals surface area contributed by atoms with Gasteiger partial charge in [-0.15, -0.1) is 0 Å². The van der Waals surface area contributed by atoms with E-state index in [0.717, 1.165) is 27.8 Å². The molecule has 26 heavy (non-hydrogen) atoms. The maximum atomic E-state index is 12.2. The molecule has 6 heteroatoms. The molecule has 2 N–H and O–H groups in total. The minimum Gasteiger partial charge on any atom is -0.464 e. The van der Waals surface area contributed by atoms with E-state index in [4.69, 9.17) is 4.42 Å². The lowest BCUT2D eigenvalue weighted by Gasteiger charge is -2.09. The molecule has 0 fully saturated rings. The van der Waals surface area contributed by atoms with Gasteiger partial charge in [-0.3, -0.25) is 9.97 Å². The van der Waals surface area contributed by atoms with Gasteiger partial charge in [-0.1, -0.05) is 6.07 Å². The van der Waals surface area contributed by atoms with Crippen molar-refractivity contribution in [2.45, 2.75) is 6.54 Å². The van der Waals surface area contributed by atoms with Crippen LogP contribution >= 0.6 is 0 Å². The molecule has 6 nitrogen and oxygen atoms in total. The first-order chi connectivity index (χ1) is 12.8. The average molecular weight is 344 g/mol. The summed E-state index contributed by atoms with van der Waals surface area (Å²) in [6.45, 7) is 0.364. The molecular weight excluding hydrogens is 328 g/mol. The lowest BCUT2D eigenvalue weighted by molar-refractivity contribution is 0.251. The minimum absolute atomic E-state index is 0.281. The van der Waals surface area contributed by atoms with Crippen LogP contribution in [-0.4, -0.2) is 16.0 Å². The van der Waals surface area contributed by atoms with Crippen molar-refractivity contribution in [3.63, 3.8) is 0 Å². The number of carbonyl (C=O) groups is 1. The number of carbonyl (C=O) groups excluding carboxylic acids is 1. The molecule has 4 rings (SSSR count). The average Bonchev–Trinajstić information content (AvgIpc) is 3.21. The summed E-state index contributed by atoms with van der Waals surface area (Å²) < 4.78 is 5.37. The normalized spacial score (nSPS) is 10.6. The van der Waals surface area contributed by atoms with Gasteiger partial charge in [0.05, 0.1) is 11.8 Å². The van der Waals surface area contributed by atoms with Gasteiger partial charge in [0.25, 0.3) is 0 Å². The number of urea groups is 1. The van der Waals surface area contributed by atoms with Gasteiger partial charge in [0, 0.05) is 41.8 Å². The van der Waals surface area contributed by atoms with Crippen LogP contribution in [0, 0.1) is 0 Å². The van der Waals surface area contributed by atoms with Crippen molar-refractivity contribution >= 4 is 22.6 Å². The van der Waals surface area contributed by atoms with Crippen LogP contribution in [0.25, 0.3) is 22.2 Å². The summed E-state index contributed by atoms with van der Waals surface area (Å²) in [5.74, 6) is 0.744. The van der Waals surface area contributed by atoms with Crippen molar-refractivity contribution < 1.29 is 9.21 Å². The zero-order valence-corrected chi connectivity index (χ0v) is 13.8. The maximum Gasteiger partial charge on any atom is 0.319 e. The largest absolute Gasteiger partial charge is 0.464 e. The monoisotopic (exact) mass is 344 g/mol. The number of anilines is 1. The summed E-state index contributed by atoms with van der Waals surface area (Å²) in [6.07, 6.45) is 6.81. The van der Waals surface area contributed by atoms with Crippen molar-refractivity contribution in [3.05, 3.63) is 78.9 Å². The SMILES string of the molecule is O=C(NCc1cncc(-c2ccco2)c1)Nc1ccc2ncccc2c1. The molecule has 0 radical (unpaired) electrons. The van der Waals surface area contributed by atoms with Gasteiger partial charge in [-0.2, -0.15) is 0 Å². The fraction of sp³-hybridized carbons (Fsp3) is 0.0500. The first-order valence-corrected chi connectivity index (χ1v) is 8.15. The van der Waals surface area contributed by atoms with Gasteiger partial charge in [0.2, 0.25) is 0 Å². The fourth-order valence-corrected chi connectivity index (χ4v) is 2.67. The zero-order valence-electron chi connectivity index (χ0n) is 13.8. The maximum absolute atomic E-state index is 12.2. The van der Waals surface area contributed by atoms with E-state index in [-0.39, 0.29) is 6.03 Å². The lowest BCUT2D eigenvalue weighted by Crippen LogP contribution is -2.28. The van der Waals surface area contributed by atoms with Crippen LogP contribution in [0.15, 0.2) is 77.8 Å². The first kappa shape index (κ1) is 15.8. The van der Waals surface area contributed by atoms with E-state index in [1.165, 1.54) is 0 Å². The Balaban J connectivity index is 1.40. The molecule has 0 saturated heterocycles. The number of amides is 2. The molecule has 2 amide bonds. The molecular formula is C20H16N4O2. The topological polar surface area (TPSA) is 80.0 Å². The highest BCUT2D eigenvalue weighted by atomic mass is 16.3. The lowest BCUT2D eigenvalue weighted by atomic mass is 10.1. The number of hydrogen-bond acceptors (Lipinski definition) is 4. The van der Waals surface area contributed by atoms with Gasteiger partial charge in [0.1, 0.15) is 5.76 Å². The molecule has 128 valence electrons. The Kier molecular flexibility index (Phi) is 4.30. The molecule has 0 aliphatic carbocycles. The predicted molar refractivity (Wildman–Crippen MR) is 99.5 cm³/mol. The standard InChI is InChI=1S/C20H16N4O2/c25-20(24-17-5-6-18-15(10-17)3-1-7-22-18)23-12-14-9-16(13-21-11-14)19-4-2-8-26-19/h1-11,13H,12H2,(H2,23,24,25). The number of aromatic nitrogens is 2. The molecule has 4 aromatic rings. The molecule has 0 spiro atoms. The van der Waals surface area contributed by atoms with Gasteiger partial charge in [0.15, 0.2) is 0 Å². The van der Waals surface area contributed by atoms with Crippen molar-refractivity contribution in [1.29, 1.82) is 0 Å². The Hall–Kier alpha value is -3.67. The molecule has 0 bridgehead atoms. The minimum atomic E-state index is -0.281. The van der Waals surface area contributed by atoms with E-state index >= 15 is 0 Å². The summed E-state index contributed by atoms with van der Waals surface area (Å²) in [6, 6.07) is 14.8. The van der Waals surface area contributed by atoms with Crippen LogP contribution in [-0.2, 0) is 6.54 Å². The number of nitrogens with zero attached hydrogens (tertiary/aromatic N) is 2. The number of hydrogen-bond donors (Lipinski definition) is 2. The quantitative estimate of drug-likeness (QED) is 0.581. The number of benzene rings is 1. The molecule has 0 atom stereocenters. The summed E-state index contributed by atoms with van der Waals surface area (Å²) in [7, 11) is 0. The van der Waals surface area contributed by atoms with Gasteiger partial charge >= 0.3 is 6.03 Å². The number of pyridine rings is 2. The Morgan fingerprint density at radius 1 is 1.08 bits per heavy atom. The third-order valence-corrected chi connectivity index (χ3v) is 3.91. The summed E-state index contributed by atoms with van der Waals surface area (Å²) in [4.78, 5) is 20.6. The van der Waals surface area contributed by atoms with Crippen LogP contribution in [0.1, 0.15) is 5.56 Å². The summed E-state index contributed by atoms with van der Waals surface area (Å²) in [5, 5.41) is 6.63. The number of fused-ring (bicyclic) bond motifs is 1. The highest BCUT2D eigenvalue weighted by Crippen LogP contribution is 2.20. The second kappa shape index (κ2) is 7.06. The third kappa shape index (κ3) is 3.54. The number of rotatable bonds is 4. The van der Waals surface area contributed by atoms with Crippen LogP contribution in [0.4, 0.5) is 10.5 Å². The smallest absolute Gasteiger partial charge is 0.319 e. The summed E-state index contributed by atoms with van der Waals surface area (Å²) in [5.41, 5.74) is 3.36. The Labute approximate surface area is 149 Å². The van der Waals surface area contributed by atoms with E-state index in [1.54, 1.807) is 24.9 Å². The third-order valence-electron chi connectivity index (χ3n) is 3.91. The fourth-order valence-electron chi connectivity index (χ4n) is 2.67. The van der Waals surface area contributed by atoms with Crippen molar-refractivity contribution in [2.75, 3.05) is 5.32 Å². The molecule has 3 aromatic heterocycles. The van der Waals surface area contributed by atoms with E-state index < -0.39 is 0 Å². The van der Waals surface area contributed by atoms with Crippen LogP contribution < -0.4 is 10.6 Å². The van der Waals surface area contributed by atoms with E-state index in [0.29, 0.717) is 12.2 Å². The van der Waals surface area contributed by atoms with Crippen LogP contribution in [0.5, 0.6) is 0 Å². The molecule has 0 unspecified atom stereocenters. The Morgan fingerprint density at radius 2 is 2.04 bits per heavy atom. The zero-order chi connectivity index (χ0) is 17.8. The van der Waals surface area contributed by atoms with E-state index in [1.807, 2.05) is 48.5 Å². The molecule has 0 aliphatic rings. The first-order valence-electron chi connectivity index (χ1n) is 8.15. The van der Waals surface area contributed by atoms with Gasteiger partial charge in [-0.25, -0.2) is 4.79 Å². The van der Waals surface area contributed by atoms with Crippen molar-refractivity contribution in [2.24, 2.45) is 0 Å². The molecule has 1 aromatic carbocycles. The predicted octanol–water partition coefficient (Wildman–Crippen LogP) is 4.21. The van der Waals surface area contributed by atoms with Crippen molar-refractivity contribution in [3.8, 4) is 11.3 Å². The van der Waals surface area contributed by atoms with Crippen LogP contribution in [0.2, 0.25) is 0 Å². The Morgan fingerprint density at radius 3 is 2.92 bits per heavy atom. The number of furan rings is 1. The second-order valence-electron chi connectivity index (χ2n) is 5.78. The summed E-state index contributed by atoms with van der Waals surface area (Å²) >= 11 is 0. The van der Waals surface area contributed by atoms with Gasteiger partial charge in [-0.05, 0) is 48.0 Å².